The molecule has 0 fully saturated rings. The van der Waals surface area contributed by atoms with Crippen molar-refractivity contribution >= 4 is 24.0 Å². The zero-order valence-electron chi connectivity index (χ0n) is 13.1. The smallest absolute Gasteiger partial charge is 0.870 e. The second kappa shape index (κ2) is 17.6. The van der Waals surface area contributed by atoms with E-state index in [4.69, 9.17) is 5.11 Å². The topological polar surface area (TPSA) is 154 Å². The third-order valence-electron chi connectivity index (χ3n) is 2.69. The van der Waals surface area contributed by atoms with Crippen molar-refractivity contribution < 1.29 is 94.0 Å². The Labute approximate surface area is 173 Å². The number of nitrogens with one attached hydrogen (secondary N) is 1. The second-order valence-electron chi connectivity index (χ2n) is 4.22. The van der Waals surface area contributed by atoms with Gasteiger partial charge in [-0.1, -0.05) is 0 Å². The van der Waals surface area contributed by atoms with Crippen molar-refractivity contribution in [3.8, 4) is 0 Å². The number of aliphatic carboxylic acids is 2. The summed E-state index contributed by atoms with van der Waals surface area (Å²) >= 11 is 0. The van der Waals surface area contributed by atoms with Crippen molar-refractivity contribution in [2.24, 2.45) is 5.92 Å². The number of rotatable bonds is 11. The predicted octanol–water partition coefficient (Wildman–Crippen LogP) is -7.51. The maximum absolute atomic E-state index is 11.1. The second-order valence-corrected chi connectivity index (χ2v) is 4.22. The third kappa shape index (κ3) is 15.1. The van der Waals surface area contributed by atoms with Crippen molar-refractivity contribution in [1.29, 1.82) is 0 Å². The van der Waals surface area contributed by atoms with Gasteiger partial charge < -0.3 is 30.6 Å². The van der Waals surface area contributed by atoms with E-state index in [0.29, 0.717) is 12.8 Å². The van der Waals surface area contributed by atoms with Gasteiger partial charge in [0.25, 0.3) is 0 Å². The Morgan fingerprint density at radius 2 is 1.82 bits per heavy atom. The van der Waals surface area contributed by atoms with E-state index in [1.807, 2.05) is 0 Å². The molecule has 0 aliphatic heterocycles. The first-order valence-corrected chi connectivity index (χ1v) is 5.90. The van der Waals surface area contributed by atoms with Crippen LogP contribution in [0.4, 0.5) is 0 Å². The maximum Gasteiger partial charge on any atom is 1.00 e. The summed E-state index contributed by atoms with van der Waals surface area (Å²) in [6, 6.07) is -1.26. The molecule has 0 aliphatic carbocycles. The van der Waals surface area contributed by atoms with Crippen molar-refractivity contribution in [2.45, 2.75) is 38.6 Å². The fraction of sp³-hybridized carbons (Fsp3) is 0.667. The molecule has 116 valence electrons. The Kier molecular flexibility index (Phi) is 24.0. The monoisotopic (exact) mass is 334 g/mol. The maximum atomic E-state index is 11.1. The molecule has 3 N–H and O–H groups in total. The molecule has 0 spiro atoms. The average Bonchev–Trinajstić information content (AvgIpc) is 2.30. The van der Waals surface area contributed by atoms with Crippen molar-refractivity contribution in [3.63, 3.8) is 0 Å². The summed E-state index contributed by atoms with van der Waals surface area (Å²) < 4.78 is 0. The van der Waals surface area contributed by atoms with Crippen LogP contribution in [0.3, 0.4) is 0 Å². The minimum atomic E-state index is -1.48. The fourth-order valence-corrected chi connectivity index (χ4v) is 1.59. The number of carbonyl (C=O) groups excluding carboxylic acids is 3. The van der Waals surface area contributed by atoms with E-state index in [1.165, 1.54) is 6.92 Å². The quantitative estimate of drug-likeness (QED) is 0.215. The van der Waals surface area contributed by atoms with E-state index in [0.717, 1.165) is 0 Å². The summed E-state index contributed by atoms with van der Waals surface area (Å²) in [6.07, 6.45) is 2.00. The largest absolute Gasteiger partial charge is 1.00 e. The van der Waals surface area contributed by atoms with Crippen LogP contribution < -0.4 is 69.5 Å². The van der Waals surface area contributed by atoms with Crippen LogP contribution >= 0.6 is 0 Å². The summed E-state index contributed by atoms with van der Waals surface area (Å²) in [4.78, 5) is 42.4. The number of carboxylic acid groups (broad SMARTS) is 2. The summed E-state index contributed by atoms with van der Waals surface area (Å²) in [5.74, 6) is -3.25. The van der Waals surface area contributed by atoms with Crippen LogP contribution in [0.2, 0.25) is 0 Å². The van der Waals surface area contributed by atoms with Gasteiger partial charge in [0, 0.05) is 0 Å². The minimum Gasteiger partial charge on any atom is -0.870 e. The molecule has 8 nitrogen and oxygen atoms in total. The first-order valence-electron chi connectivity index (χ1n) is 5.90. The van der Waals surface area contributed by atoms with Crippen LogP contribution in [0.25, 0.3) is 0 Å². The average molecular weight is 334 g/mol. The molecule has 0 aliphatic rings. The van der Waals surface area contributed by atoms with Crippen LogP contribution in [0, 0.1) is 5.92 Å². The van der Waals surface area contributed by atoms with Crippen LogP contribution in [0.5, 0.6) is 0 Å². The number of carbonyl (C=O) groups is 3. The first-order chi connectivity index (χ1) is 8.88. The molecular formula is C12H18NNa2O7-. The molecular weight excluding hydrogens is 316 g/mol. The van der Waals surface area contributed by atoms with E-state index in [9.17, 15) is 24.3 Å². The summed E-state index contributed by atoms with van der Waals surface area (Å²) in [7, 11) is 0. The fourth-order valence-electron chi connectivity index (χ4n) is 1.59. The molecule has 0 amide bonds. The van der Waals surface area contributed by atoms with Gasteiger partial charge >= 0.3 is 65.1 Å². The Balaban J connectivity index is -0.000000540. The Morgan fingerprint density at radius 3 is 2.18 bits per heavy atom. The Bertz CT molecular complexity index is 352. The predicted molar refractivity (Wildman–Crippen MR) is 64.7 cm³/mol. The van der Waals surface area contributed by atoms with Gasteiger partial charge in [0.1, 0.15) is 5.78 Å². The van der Waals surface area contributed by atoms with Crippen molar-refractivity contribution in [2.75, 3.05) is 6.54 Å². The minimum absolute atomic E-state index is 0. The third-order valence-corrected chi connectivity index (χ3v) is 2.69. The number of ketones is 1. The summed E-state index contributed by atoms with van der Waals surface area (Å²) in [5, 5.41) is 21.7. The molecule has 0 heterocycles. The summed E-state index contributed by atoms with van der Waals surface area (Å²) in [6.45, 7) is 1.61. The van der Waals surface area contributed by atoms with E-state index in [-0.39, 0.29) is 83.3 Å². The molecule has 0 aromatic heterocycles. The van der Waals surface area contributed by atoms with Crippen molar-refractivity contribution in [3.05, 3.63) is 0 Å². The molecule has 2 atom stereocenters. The molecule has 0 aromatic carbocycles. The summed E-state index contributed by atoms with van der Waals surface area (Å²) in [5.41, 5.74) is 0. The molecule has 0 radical (unpaired) electrons. The van der Waals surface area contributed by atoms with E-state index < -0.39 is 30.3 Å². The SMILES string of the molecule is CC(=O)[C@H](C[C-]=O)CCCN[C@@H](CC(=O)O)C(=O)[O-].[Na+].[Na+].[OH-]. The van der Waals surface area contributed by atoms with Crippen LogP contribution in [0.1, 0.15) is 32.6 Å². The number of hydrogen-bond acceptors (Lipinski definition) is 7. The molecule has 0 aromatic rings. The molecule has 0 bridgehead atoms. The Morgan fingerprint density at radius 1 is 1.27 bits per heavy atom. The number of Topliss-reactive ketones (excluding diaryl/α,β-unsaturated/α-hetero) is 1. The molecule has 0 rings (SSSR count). The molecule has 22 heavy (non-hydrogen) atoms. The van der Waals surface area contributed by atoms with E-state index in [1.54, 1.807) is 6.29 Å². The normalized spacial score (nSPS) is 11.7. The number of hydrogen-bond donors (Lipinski definition) is 2. The van der Waals surface area contributed by atoms with Gasteiger partial charge in [-0.15, -0.1) is 6.42 Å². The van der Waals surface area contributed by atoms with Gasteiger partial charge in [0.05, 0.1) is 18.4 Å². The van der Waals surface area contributed by atoms with Crippen molar-refractivity contribution in [1.82, 2.24) is 5.32 Å². The molecule has 0 saturated heterocycles. The standard InChI is InChI=1S/C12H18NO6.2Na.H2O/c1-8(15)9(4-6-14)3-2-5-13-10(12(18)19)7-11(16)17;;;/h9-10,13H,2-5,7H2,1H3,(H,16,17)(H,18,19);;;1H2/q-1;2*+1;/p-2/t9-,10-;;;/m0.../s1. The van der Waals surface area contributed by atoms with E-state index in [2.05, 4.69) is 5.32 Å². The Hall–Kier alpha value is 0.200. The van der Waals surface area contributed by atoms with Crippen LogP contribution in [-0.2, 0) is 19.2 Å². The van der Waals surface area contributed by atoms with Gasteiger partial charge in [0.2, 0.25) is 0 Å². The van der Waals surface area contributed by atoms with Gasteiger partial charge in [-0.05, 0) is 32.2 Å². The molecule has 10 heteroatoms. The van der Waals surface area contributed by atoms with Crippen LogP contribution in [0.15, 0.2) is 0 Å². The first kappa shape index (κ1) is 30.1. The van der Waals surface area contributed by atoms with Gasteiger partial charge in [-0.2, -0.15) is 0 Å². The van der Waals surface area contributed by atoms with Gasteiger partial charge in [-0.3, -0.25) is 15.9 Å². The zero-order valence-corrected chi connectivity index (χ0v) is 17.1. The number of carboxylic acids is 2. The van der Waals surface area contributed by atoms with Gasteiger partial charge in [0.15, 0.2) is 0 Å². The molecule has 0 unspecified atom stereocenters. The van der Waals surface area contributed by atoms with E-state index >= 15 is 0 Å². The molecule has 0 saturated carbocycles. The van der Waals surface area contributed by atoms with Gasteiger partial charge in [-0.25, -0.2) is 0 Å². The zero-order chi connectivity index (χ0) is 14.8. The van der Waals surface area contributed by atoms with Crippen LogP contribution in [-0.4, -0.2) is 47.2 Å².